The van der Waals surface area contributed by atoms with Crippen LogP contribution in [0.1, 0.15) is 12.8 Å². The van der Waals surface area contributed by atoms with Crippen LogP contribution in [-0.2, 0) is 19.6 Å². The van der Waals surface area contributed by atoms with E-state index in [2.05, 4.69) is 5.32 Å². The normalized spacial score (nSPS) is 18.1. The van der Waals surface area contributed by atoms with Gasteiger partial charge in [0.25, 0.3) is 5.69 Å². The highest BCUT2D eigenvalue weighted by Crippen LogP contribution is 2.31. The average molecular weight is 475 g/mol. The van der Waals surface area contributed by atoms with Gasteiger partial charge in [-0.1, -0.05) is 18.2 Å². The Labute approximate surface area is 192 Å². The van der Waals surface area contributed by atoms with Crippen LogP contribution < -0.4 is 10.2 Å². The SMILES string of the molecule is O=C(Nc1cccc(S(=O)(=O)N2CCOCC2)c1)C1CCN(c2ccccc2[N+](=O)[O-])CC1. The van der Waals surface area contributed by atoms with Gasteiger partial charge in [0.15, 0.2) is 0 Å². The van der Waals surface area contributed by atoms with Crippen molar-refractivity contribution in [2.24, 2.45) is 5.92 Å². The van der Waals surface area contributed by atoms with Gasteiger partial charge in [0.1, 0.15) is 5.69 Å². The second kappa shape index (κ2) is 9.86. The zero-order valence-electron chi connectivity index (χ0n) is 18.1. The standard InChI is InChI=1S/C22H26N4O6S/c27-22(17-8-10-24(11-9-17)20-6-1-2-7-21(20)26(28)29)23-18-4-3-5-19(16-18)33(30,31)25-12-14-32-15-13-25/h1-7,16-17H,8-15H2,(H,23,27). The Kier molecular flexibility index (Phi) is 6.91. The molecular weight excluding hydrogens is 448 g/mol. The number of rotatable bonds is 6. The van der Waals surface area contributed by atoms with Crippen LogP contribution in [0, 0.1) is 16.0 Å². The molecule has 176 valence electrons. The molecule has 33 heavy (non-hydrogen) atoms. The maximum atomic E-state index is 12.9. The number of carbonyl (C=O) groups is 1. The van der Waals surface area contributed by atoms with E-state index in [1.165, 1.54) is 22.5 Å². The number of morpholine rings is 1. The Morgan fingerprint density at radius 1 is 1.03 bits per heavy atom. The number of amides is 1. The van der Waals surface area contributed by atoms with Gasteiger partial charge in [0, 0.05) is 43.9 Å². The molecule has 2 aliphatic heterocycles. The first-order chi connectivity index (χ1) is 15.9. The molecule has 0 spiro atoms. The first kappa shape index (κ1) is 23.1. The molecule has 1 amide bonds. The molecule has 2 aromatic rings. The van der Waals surface area contributed by atoms with Gasteiger partial charge in [-0.3, -0.25) is 14.9 Å². The monoisotopic (exact) mass is 474 g/mol. The van der Waals surface area contributed by atoms with Gasteiger partial charge in [0.2, 0.25) is 15.9 Å². The van der Waals surface area contributed by atoms with Gasteiger partial charge in [-0.2, -0.15) is 4.31 Å². The number of nitrogens with one attached hydrogen (secondary N) is 1. The summed E-state index contributed by atoms with van der Waals surface area (Å²) in [6.45, 7) is 2.37. The van der Waals surface area contributed by atoms with Crippen LogP contribution in [0.4, 0.5) is 17.1 Å². The maximum Gasteiger partial charge on any atom is 0.292 e. The maximum absolute atomic E-state index is 12.9. The van der Waals surface area contributed by atoms with Gasteiger partial charge >= 0.3 is 0 Å². The van der Waals surface area contributed by atoms with Crippen molar-refractivity contribution in [3.8, 4) is 0 Å². The summed E-state index contributed by atoms with van der Waals surface area (Å²) in [5, 5.41) is 14.1. The molecule has 0 unspecified atom stereocenters. The van der Waals surface area contributed by atoms with Gasteiger partial charge in [-0.05, 0) is 37.1 Å². The first-order valence-electron chi connectivity index (χ1n) is 10.8. The fraction of sp³-hybridized carbons (Fsp3) is 0.409. The second-order valence-electron chi connectivity index (χ2n) is 8.04. The van der Waals surface area contributed by atoms with E-state index < -0.39 is 14.9 Å². The minimum Gasteiger partial charge on any atom is -0.379 e. The Bertz CT molecular complexity index is 1130. The van der Waals surface area contributed by atoms with E-state index >= 15 is 0 Å². The number of nitro benzene ring substituents is 1. The molecule has 0 radical (unpaired) electrons. The highest BCUT2D eigenvalue weighted by molar-refractivity contribution is 7.89. The third kappa shape index (κ3) is 5.15. The molecular formula is C22H26N4O6S. The van der Waals surface area contributed by atoms with Crippen LogP contribution >= 0.6 is 0 Å². The molecule has 0 saturated carbocycles. The van der Waals surface area contributed by atoms with Crippen molar-refractivity contribution < 1.29 is 22.9 Å². The van der Waals surface area contributed by atoms with Crippen molar-refractivity contribution in [3.05, 3.63) is 58.6 Å². The quantitative estimate of drug-likeness (QED) is 0.504. The topological polar surface area (TPSA) is 122 Å². The molecule has 11 heteroatoms. The molecule has 1 N–H and O–H groups in total. The van der Waals surface area contributed by atoms with E-state index in [1.54, 1.807) is 30.3 Å². The van der Waals surface area contributed by atoms with E-state index in [4.69, 9.17) is 4.74 Å². The number of carbonyl (C=O) groups excluding carboxylic acids is 1. The Morgan fingerprint density at radius 3 is 2.42 bits per heavy atom. The molecule has 2 fully saturated rings. The molecule has 2 aromatic carbocycles. The summed E-state index contributed by atoms with van der Waals surface area (Å²) in [4.78, 5) is 25.8. The van der Waals surface area contributed by atoms with E-state index in [0.29, 0.717) is 63.6 Å². The molecule has 0 aromatic heterocycles. The number of nitro groups is 1. The van der Waals surface area contributed by atoms with E-state index in [-0.39, 0.29) is 22.4 Å². The van der Waals surface area contributed by atoms with Crippen molar-refractivity contribution in [3.63, 3.8) is 0 Å². The van der Waals surface area contributed by atoms with Crippen LogP contribution in [-0.4, -0.2) is 62.9 Å². The second-order valence-corrected chi connectivity index (χ2v) is 9.98. The molecule has 4 rings (SSSR count). The number of para-hydroxylation sites is 2. The van der Waals surface area contributed by atoms with Crippen LogP contribution in [0.3, 0.4) is 0 Å². The molecule has 2 aliphatic rings. The molecule has 0 atom stereocenters. The lowest BCUT2D eigenvalue weighted by Crippen LogP contribution is -2.40. The number of sulfonamides is 1. The number of nitrogens with zero attached hydrogens (tertiary/aromatic N) is 3. The summed E-state index contributed by atoms with van der Waals surface area (Å²) < 4.78 is 32.4. The Balaban J connectivity index is 1.39. The summed E-state index contributed by atoms with van der Waals surface area (Å²) in [5.41, 5.74) is 1.04. The largest absolute Gasteiger partial charge is 0.379 e. The lowest BCUT2D eigenvalue weighted by Gasteiger charge is -2.32. The van der Waals surface area contributed by atoms with Gasteiger partial charge in [-0.15, -0.1) is 0 Å². The van der Waals surface area contributed by atoms with Crippen LogP contribution in [0.5, 0.6) is 0 Å². The van der Waals surface area contributed by atoms with Crippen molar-refractivity contribution >= 4 is 33.0 Å². The number of ether oxygens (including phenoxy) is 1. The summed E-state index contributed by atoms with van der Waals surface area (Å²) >= 11 is 0. The summed E-state index contributed by atoms with van der Waals surface area (Å²) in [6.07, 6.45) is 1.09. The van der Waals surface area contributed by atoms with Crippen LogP contribution in [0.25, 0.3) is 0 Å². The van der Waals surface area contributed by atoms with Gasteiger partial charge in [-0.25, -0.2) is 8.42 Å². The fourth-order valence-corrected chi connectivity index (χ4v) is 5.64. The molecule has 0 bridgehead atoms. The lowest BCUT2D eigenvalue weighted by molar-refractivity contribution is -0.384. The van der Waals surface area contributed by atoms with E-state index in [9.17, 15) is 23.3 Å². The smallest absolute Gasteiger partial charge is 0.292 e. The zero-order valence-corrected chi connectivity index (χ0v) is 18.9. The predicted octanol–water partition coefficient (Wildman–Crippen LogP) is 2.47. The minimum atomic E-state index is -3.65. The predicted molar refractivity (Wildman–Crippen MR) is 123 cm³/mol. The van der Waals surface area contributed by atoms with E-state index in [1.807, 2.05) is 4.90 Å². The lowest BCUT2D eigenvalue weighted by atomic mass is 9.95. The third-order valence-electron chi connectivity index (χ3n) is 5.99. The number of benzene rings is 2. The van der Waals surface area contributed by atoms with Crippen molar-refractivity contribution in [2.45, 2.75) is 17.7 Å². The fourth-order valence-electron chi connectivity index (χ4n) is 4.18. The molecule has 2 saturated heterocycles. The average Bonchev–Trinajstić information content (AvgIpc) is 2.85. The zero-order chi connectivity index (χ0) is 23.4. The Morgan fingerprint density at radius 2 is 1.73 bits per heavy atom. The molecule has 0 aliphatic carbocycles. The third-order valence-corrected chi connectivity index (χ3v) is 7.89. The van der Waals surface area contributed by atoms with E-state index in [0.717, 1.165) is 0 Å². The molecule has 10 nitrogen and oxygen atoms in total. The highest BCUT2D eigenvalue weighted by Gasteiger charge is 2.29. The number of hydrogen-bond donors (Lipinski definition) is 1. The minimum absolute atomic E-state index is 0.0543. The van der Waals surface area contributed by atoms with Crippen molar-refractivity contribution in [1.82, 2.24) is 4.31 Å². The van der Waals surface area contributed by atoms with Crippen molar-refractivity contribution in [2.75, 3.05) is 49.6 Å². The van der Waals surface area contributed by atoms with Crippen LogP contribution in [0.15, 0.2) is 53.4 Å². The van der Waals surface area contributed by atoms with Gasteiger partial charge < -0.3 is 15.0 Å². The number of anilines is 2. The number of hydrogen-bond acceptors (Lipinski definition) is 7. The summed E-state index contributed by atoms with van der Waals surface area (Å²) in [6, 6.07) is 12.9. The first-order valence-corrected chi connectivity index (χ1v) is 12.3. The summed E-state index contributed by atoms with van der Waals surface area (Å²) in [7, 11) is -3.65. The number of piperidine rings is 1. The molecule has 2 heterocycles. The van der Waals surface area contributed by atoms with Gasteiger partial charge in [0.05, 0.1) is 23.0 Å². The van der Waals surface area contributed by atoms with Crippen LogP contribution in [0.2, 0.25) is 0 Å². The highest BCUT2D eigenvalue weighted by atomic mass is 32.2. The Hall–Kier alpha value is -3.02. The van der Waals surface area contributed by atoms with Crippen molar-refractivity contribution in [1.29, 1.82) is 0 Å². The summed E-state index contributed by atoms with van der Waals surface area (Å²) in [5.74, 6) is -0.443.